The Balaban J connectivity index is 1.46. The first-order valence-corrected chi connectivity index (χ1v) is 8.34. The lowest BCUT2D eigenvalue weighted by molar-refractivity contribution is -0.0235. The molecular formula is C18H18N6O. The highest BCUT2D eigenvalue weighted by Crippen LogP contribution is 2.33. The van der Waals surface area contributed by atoms with Gasteiger partial charge in [0, 0.05) is 53.5 Å². The van der Waals surface area contributed by atoms with Crippen molar-refractivity contribution in [2.75, 3.05) is 5.32 Å². The Bertz CT molecular complexity index is 1070. The number of aromatic amines is 1. The summed E-state index contributed by atoms with van der Waals surface area (Å²) in [6, 6.07) is 4.27. The molecule has 0 atom stereocenters. The fourth-order valence-electron chi connectivity index (χ4n) is 3.58. The molecule has 25 heavy (non-hydrogen) atoms. The normalized spacial score (nSPS) is 23.0. The standard InChI is InChI=1S/C18H18N6O/c1-18(25)6-12(7-18)22-17-21-9-14-13(8-20-16(14)23-17)11-2-3-15-19-4-5-24(15)10-11/h2-5,8-10,12,25H,6-7H2,1H3,(H2,20,21,22,23). The van der Waals surface area contributed by atoms with Crippen LogP contribution in [0.1, 0.15) is 19.8 Å². The summed E-state index contributed by atoms with van der Waals surface area (Å²) < 4.78 is 1.99. The Morgan fingerprint density at radius 1 is 1.32 bits per heavy atom. The van der Waals surface area contributed by atoms with Gasteiger partial charge in [-0.2, -0.15) is 4.98 Å². The molecule has 4 aromatic heterocycles. The molecule has 7 nitrogen and oxygen atoms in total. The predicted molar refractivity (Wildman–Crippen MR) is 95.3 cm³/mol. The summed E-state index contributed by atoms with van der Waals surface area (Å²) in [6.07, 6.45) is 11.0. The highest BCUT2D eigenvalue weighted by atomic mass is 16.3. The number of rotatable bonds is 3. The van der Waals surface area contributed by atoms with Crippen LogP contribution in [0.2, 0.25) is 0 Å². The van der Waals surface area contributed by atoms with Crippen molar-refractivity contribution < 1.29 is 5.11 Å². The molecule has 7 heteroatoms. The summed E-state index contributed by atoms with van der Waals surface area (Å²) in [4.78, 5) is 16.5. The molecule has 1 aliphatic rings. The zero-order chi connectivity index (χ0) is 17.0. The van der Waals surface area contributed by atoms with Gasteiger partial charge in [-0.1, -0.05) is 0 Å². The van der Waals surface area contributed by atoms with Crippen LogP contribution in [0.15, 0.2) is 43.1 Å². The van der Waals surface area contributed by atoms with E-state index in [0.29, 0.717) is 5.95 Å². The first kappa shape index (κ1) is 14.4. The van der Waals surface area contributed by atoms with Crippen LogP contribution in [-0.2, 0) is 0 Å². The fraction of sp³-hybridized carbons (Fsp3) is 0.278. The van der Waals surface area contributed by atoms with E-state index in [2.05, 4.69) is 25.3 Å². The number of imidazole rings is 1. The van der Waals surface area contributed by atoms with Crippen molar-refractivity contribution in [2.24, 2.45) is 0 Å². The van der Waals surface area contributed by atoms with Crippen molar-refractivity contribution in [1.29, 1.82) is 0 Å². The number of hydrogen-bond donors (Lipinski definition) is 3. The van der Waals surface area contributed by atoms with E-state index < -0.39 is 5.60 Å². The van der Waals surface area contributed by atoms with Gasteiger partial charge in [0.05, 0.1) is 5.60 Å². The second-order valence-corrected chi connectivity index (χ2v) is 7.02. The smallest absolute Gasteiger partial charge is 0.224 e. The molecule has 5 rings (SSSR count). The highest BCUT2D eigenvalue weighted by Gasteiger charge is 2.38. The molecule has 0 unspecified atom stereocenters. The second kappa shape index (κ2) is 5.03. The van der Waals surface area contributed by atoms with Crippen LogP contribution >= 0.6 is 0 Å². The van der Waals surface area contributed by atoms with Gasteiger partial charge in [-0.25, -0.2) is 9.97 Å². The Kier molecular flexibility index (Phi) is 2.90. The van der Waals surface area contributed by atoms with Crippen molar-refractivity contribution in [3.63, 3.8) is 0 Å². The van der Waals surface area contributed by atoms with Gasteiger partial charge in [0.15, 0.2) is 0 Å². The third kappa shape index (κ3) is 2.44. The third-order valence-corrected chi connectivity index (χ3v) is 4.84. The van der Waals surface area contributed by atoms with E-state index in [-0.39, 0.29) is 6.04 Å². The van der Waals surface area contributed by atoms with Crippen molar-refractivity contribution >= 4 is 22.6 Å². The fourth-order valence-corrected chi connectivity index (χ4v) is 3.58. The Hall–Kier alpha value is -2.93. The number of hydrogen-bond acceptors (Lipinski definition) is 5. The van der Waals surface area contributed by atoms with Gasteiger partial charge in [-0.15, -0.1) is 0 Å². The average Bonchev–Trinajstić information content (AvgIpc) is 3.18. The van der Waals surface area contributed by atoms with Gasteiger partial charge in [0.2, 0.25) is 5.95 Å². The maximum Gasteiger partial charge on any atom is 0.224 e. The first-order chi connectivity index (χ1) is 12.1. The maximum absolute atomic E-state index is 9.83. The van der Waals surface area contributed by atoms with Gasteiger partial charge in [-0.3, -0.25) is 0 Å². The quantitative estimate of drug-likeness (QED) is 0.536. The monoisotopic (exact) mass is 334 g/mol. The van der Waals surface area contributed by atoms with Crippen LogP contribution in [0.25, 0.3) is 27.8 Å². The van der Waals surface area contributed by atoms with Crippen LogP contribution in [0.5, 0.6) is 0 Å². The summed E-state index contributed by atoms with van der Waals surface area (Å²) in [5, 5.41) is 14.1. The molecule has 1 saturated carbocycles. The number of H-pyrrole nitrogens is 1. The molecule has 0 saturated heterocycles. The Labute approximate surface area is 143 Å². The third-order valence-electron chi connectivity index (χ3n) is 4.84. The molecule has 3 N–H and O–H groups in total. The van der Waals surface area contributed by atoms with Gasteiger partial charge in [0.1, 0.15) is 11.3 Å². The molecule has 0 amide bonds. The van der Waals surface area contributed by atoms with Gasteiger partial charge >= 0.3 is 0 Å². The van der Waals surface area contributed by atoms with Crippen molar-refractivity contribution in [3.8, 4) is 11.1 Å². The van der Waals surface area contributed by atoms with E-state index in [4.69, 9.17) is 0 Å². The molecule has 0 bridgehead atoms. The van der Waals surface area contributed by atoms with Gasteiger partial charge in [0.25, 0.3) is 0 Å². The SMILES string of the molecule is CC1(O)CC(Nc2ncc3c(-c4ccc5nccn5c4)c[nH]c3n2)C1. The van der Waals surface area contributed by atoms with Gasteiger partial charge in [-0.05, 0) is 31.9 Å². The summed E-state index contributed by atoms with van der Waals surface area (Å²) >= 11 is 0. The largest absolute Gasteiger partial charge is 0.390 e. The van der Waals surface area contributed by atoms with Crippen molar-refractivity contribution in [1.82, 2.24) is 24.3 Å². The van der Waals surface area contributed by atoms with Crippen molar-refractivity contribution in [2.45, 2.75) is 31.4 Å². The zero-order valence-electron chi connectivity index (χ0n) is 13.8. The Morgan fingerprint density at radius 2 is 2.20 bits per heavy atom. The number of aliphatic hydroxyl groups is 1. The minimum Gasteiger partial charge on any atom is -0.390 e. The number of pyridine rings is 1. The minimum atomic E-state index is -0.562. The lowest BCUT2D eigenvalue weighted by atomic mass is 9.77. The number of nitrogens with zero attached hydrogens (tertiary/aromatic N) is 4. The molecule has 0 aliphatic heterocycles. The molecule has 1 aliphatic carbocycles. The average molecular weight is 334 g/mol. The van der Waals surface area contributed by atoms with Crippen LogP contribution in [0.4, 0.5) is 5.95 Å². The van der Waals surface area contributed by atoms with Crippen molar-refractivity contribution in [3.05, 3.63) is 43.1 Å². The number of nitrogens with one attached hydrogen (secondary N) is 2. The van der Waals surface area contributed by atoms with E-state index in [1.165, 1.54) is 0 Å². The lowest BCUT2D eigenvalue weighted by Gasteiger charge is -2.41. The molecule has 0 spiro atoms. The molecule has 126 valence electrons. The minimum absolute atomic E-state index is 0.227. The van der Waals surface area contributed by atoms with E-state index in [1.807, 2.05) is 48.2 Å². The summed E-state index contributed by atoms with van der Waals surface area (Å²) in [7, 11) is 0. The van der Waals surface area contributed by atoms with E-state index >= 15 is 0 Å². The summed E-state index contributed by atoms with van der Waals surface area (Å²) in [5.41, 5.74) is 3.29. The van der Waals surface area contributed by atoms with E-state index in [1.54, 1.807) is 6.20 Å². The maximum atomic E-state index is 9.83. The predicted octanol–water partition coefficient (Wildman–Crippen LogP) is 2.60. The Morgan fingerprint density at radius 3 is 3.04 bits per heavy atom. The molecule has 4 heterocycles. The number of aromatic nitrogens is 5. The van der Waals surface area contributed by atoms with Gasteiger partial charge < -0.3 is 19.8 Å². The zero-order valence-corrected chi connectivity index (χ0v) is 13.8. The topological polar surface area (TPSA) is 91.1 Å². The van der Waals surface area contributed by atoms with Crippen LogP contribution in [0, 0.1) is 0 Å². The van der Waals surface area contributed by atoms with Crippen LogP contribution in [-0.4, -0.2) is 41.1 Å². The number of anilines is 1. The molecule has 0 aromatic carbocycles. The highest BCUT2D eigenvalue weighted by molar-refractivity contribution is 5.93. The second-order valence-electron chi connectivity index (χ2n) is 7.02. The summed E-state index contributed by atoms with van der Waals surface area (Å²) in [6.45, 7) is 1.85. The van der Waals surface area contributed by atoms with Crippen LogP contribution < -0.4 is 5.32 Å². The molecule has 1 fully saturated rings. The van der Waals surface area contributed by atoms with E-state index in [9.17, 15) is 5.11 Å². The van der Waals surface area contributed by atoms with E-state index in [0.717, 1.165) is 40.6 Å². The summed E-state index contributed by atoms with van der Waals surface area (Å²) in [5.74, 6) is 0.589. The van der Waals surface area contributed by atoms with Crippen LogP contribution in [0.3, 0.4) is 0 Å². The molecule has 0 radical (unpaired) electrons. The molecule has 4 aromatic rings. The lowest BCUT2D eigenvalue weighted by Crippen LogP contribution is -2.48. The molecular weight excluding hydrogens is 316 g/mol. The number of fused-ring (bicyclic) bond motifs is 2. The first-order valence-electron chi connectivity index (χ1n) is 8.34.